The fourth-order valence-electron chi connectivity index (χ4n) is 2.65. The van der Waals surface area contributed by atoms with E-state index in [1.165, 1.54) is 0 Å². The third kappa shape index (κ3) is 6.44. The van der Waals surface area contributed by atoms with Crippen LogP contribution in [0.2, 0.25) is 0 Å². The van der Waals surface area contributed by atoms with E-state index < -0.39 is 0 Å². The fraction of sp³-hybridized carbons (Fsp3) is 0.882. The molecule has 128 valence electrons. The van der Waals surface area contributed by atoms with E-state index in [9.17, 15) is 9.59 Å². The predicted molar refractivity (Wildman–Crippen MR) is 87.8 cm³/mol. The van der Waals surface area contributed by atoms with E-state index in [0.29, 0.717) is 26.2 Å². The van der Waals surface area contributed by atoms with Gasteiger partial charge in [-0.1, -0.05) is 13.8 Å². The Balaban J connectivity index is 2.26. The summed E-state index contributed by atoms with van der Waals surface area (Å²) in [6.45, 7) is 12.6. The molecule has 1 heterocycles. The third-order valence-electron chi connectivity index (χ3n) is 3.83. The van der Waals surface area contributed by atoms with Crippen molar-refractivity contribution in [2.24, 2.45) is 5.92 Å². The zero-order valence-electron chi connectivity index (χ0n) is 14.8. The average molecular weight is 312 g/mol. The lowest BCUT2D eigenvalue weighted by Gasteiger charge is -2.25. The Hall–Kier alpha value is -0.940. The first-order valence-electron chi connectivity index (χ1n) is 8.38. The summed E-state index contributed by atoms with van der Waals surface area (Å²) in [4.78, 5) is 26.1. The maximum absolute atomic E-state index is 12.3. The van der Waals surface area contributed by atoms with Gasteiger partial charge in [0.05, 0.1) is 25.7 Å². The molecule has 1 unspecified atom stereocenters. The molecule has 1 atom stereocenters. The molecule has 0 spiro atoms. The number of rotatable bonds is 8. The minimum absolute atomic E-state index is 0.0156. The predicted octanol–water partition coefficient (Wildman–Crippen LogP) is 2.00. The lowest BCUT2D eigenvalue weighted by Crippen LogP contribution is -2.42. The first kappa shape index (κ1) is 19.1. The van der Waals surface area contributed by atoms with Gasteiger partial charge in [0.25, 0.3) is 0 Å². The second kappa shape index (κ2) is 8.63. The highest BCUT2D eigenvalue weighted by molar-refractivity contribution is 5.90. The van der Waals surface area contributed by atoms with Crippen LogP contribution < -0.4 is 5.32 Å². The lowest BCUT2D eigenvalue weighted by atomic mass is 10.00. The van der Waals surface area contributed by atoms with E-state index in [0.717, 1.165) is 19.4 Å². The van der Waals surface area contributed by atoms with E-state index in [2.05, 4.69) is 26.1 Å². The van der Waals surface area contributed by atoms with Gasteiger partial charge < -0.3 is 15.0 Å². The van der Waals surface area contributed by atoms with E-state index in [1.807, 2.05) is 13.8 Å². The Labute approximate surface area is 134 Å². The molecule has 1 amide bonds. The Kier molecular flexibility index (Phi) is 7.49. The van der Waals surface area contributed by atoms with Crippen LogP contribution in [0.15, 0.2) is 0 Å². The molecule has 1 aliphatic heterocycles. The van der Waals surface area contributed by atoms with Crippen molar-refractivity contribution in [3.8, 4) is 0 Å². The highest BCUT2D eigenvalue weighted by atomic mass is 16.5. The van der Waals surface area contributed by atoms with E-state index in [-0.39, 0.29) is 29.2 Å². The van der Waals surface area contributed by atoms with Crippen molar-refractivity contribution in [3.05, 3.63) is 0 Å². The molecule has 0 aromatic rings. The van der Waals surface area contributed by atoms with Gasteiger partial charge in [-0.05, 0) is 33.6 Å². The minimum Gasteiger partial charge on any atom is -0.380 e. The van der Waals surface area contributed by atoms with E-state index >= 15 is 0 Å². The van der Waals surface area contributed by atoms with Crippen LogP contribution in [0.3, 0.4) is 0 Å². The van der Waals surface area contributed by atoms with Crippen molar-refractivity contribution in [1.82, 2.24) is 10.2 Å². The van der Waals surface area contributed by atoms with Crippen LogP contribution in [-0.2, 0) is 14.3 Å². The molecule has 0 saturated carbocycles. The van der Waals surface area contributed by atoms with Crippen molar-refractivity contribution in [2.45, 2.75) is 65.5 Å². The van der Waals surface area contributed by atoms with Gasteiger partial charge in [-0.3, -0.25) is 9.59 Å². The van der Waals surface area contributed by atoms with Crippen LogP contribution in [0.25, 0.3) is 0 Å². The number of likely N-dealkylation sites (tertiary alicyclic amines) is 1. The van der Waals surface area contributed by atoms with Gasteiger partial charge in [-0.2, -0.15) is 0 Å². The van der Waals surface area contributed by atoms with Gasteiger partial charge in [-0.25, -0.2) is 0 Å². The molecule has 5 nitrogen and oxygen atoms in total. The number of hydrogen-bond acceptors (Lipinski definition) is 4. The second-order valence-corrected chi connectivity index (χ2v) is 7.34. The van der Waals surface area contributed by atoms with Crippen LogP contribution in [-0.4, -0.2) is 54.5 Å². The third-order valence-corrected chi connectivity index (χ3v) is 3.83. The maximum atomic E-state index is 12.3. The van der Waals surface area contributed by atoms with Crippen LogP contribution in [0, 0.1) is 5.92 Å². The van der Waals surface area contributed by atoms with E-state index in [1.54, 1.807) is 4.90 Å². The Morgan fingerprint density at radius 2 is 1.95 bits per heavy atom. The smallest absolute Gasteiger partial charge is 0.225 e. The minimum atomic E-state index is -0.213. The Morgan fingerprint density at radius 3 is 2.55 bits per heavy atom. The summed E-state index contributed by atoms with van der Waals surface area (Å²) in [5.41, 5.74) is 0.0825. The zero-order valence-corrected chi connectivity index (χ0v) is 14.8. The summed E-state index contributed by atoms with van der Waals surface area (Å²) >= 11 is 0. The molecule has 0 bridgehead atoms. The second-order valence-electron chi connectivity index (χ2n) is 7.34. The average Bonchev–Trinajstić information content (AvgIpc) is 2.89. The number of amides is 1. The molecule has 22 heavy (non-hydrogen) atoms. The van der Waals surface area contributed by atoms with Gasteiger partial charge >= 0.3 is 0 Å². The monoisotopic (exact) mass is 312 g/mol. The maximum Gasteiger partial charge on any atom is 0.225 e. The standard InChI is InChI=1S/C17H32N2O3/c1-13(2)16(21)14-7-6-10-19(14)15(20)8-11-22-12-9-18-17(3,4)5/h13-14,18H,6-12H2,1-5H3. The normalized spacial score (nSPS) is 19.0. The van der Waals surface area contributed by atoms with Crippen molar-refractivity contribution in [2.75, 3.05) is 26.3 Å². The van der Waals surface area contributed by atoms with Crippen molar-refractivity contribution >= 4 is 11.7 Å². The fourth-order valence-corrected chi connectivity index (χ4v) is 2.65. The molecule has 0 aliphatic carbocycles. The molecule has 0 aromatic carbocycles. The summed E-state index contributed by atoms with van der Waals surface area (Å²) < 4.78 is 5.51. The number of nitrogens with zero attached hydrogens (tertiary/aromatic N) is 1. The van der Waals surface area contributed by atoms with E-state index in [4.69, 9.17) is 4.74 Å². The molecule has 0 aromatic heterocycles. The van der Waals surface area contributed by atoms with Crippen LogP contribution in [0.4, 0.5) is 0 Å². The molecule has 1 N–H and O–H groups in total. The van der Waals surface area contributed by atoms with Gasteiger partial charge in [0, 0.05) is 24.5 Å². The van der Waals surface area contributed by atoms with Crippen LogP contribution in [0.5, 0.6) is 0 Å². The van der Waals surface area contributed by atoms with Crippen molar-refractivity contribution in [1.29, 1.82) is 0 Å². The molecule has 1 aliphatic rings. The highest BCUT2D eigenvalue weighted by Crippen LogP contribution is 2.21. The lowest BCUT2D eigenvalue weighted by molar-refractivity contribution is -0.139. The summed E-state index contributed by atoms with van der Waals surface area (Å²) in [7, 11) is 0. The molecule has 5 heteroatoms. The largest absolute Gasteiger partial charge is 0.380 e. The van der Waals surface area contributed by atoms with Crippen molar-refractivity contribution < 1.29 is 14.3 Å². The molecule has 0 radical (unpaired) electrons. The first-order chi connectivity index (χ1) is 10.2. The van der Waals surface area contributed by atoms with Crippen molar-refractivity contribution in [3.63, 3.8) is 0 Å². The van der Waals surface area contributed by atoms with Crippen LogP contribution >= 0.6 is 0 Å². The summed E-state index contributed by atoms with van der Waals surface area (Å²) in [6.07, 6.45) is 2.09. The van der Waals surface area contributed by atoms with Gasteiger partial charge in [0.2, 0.25) is 5.91 Å². The Morgan fingerprint density at radius 1 is 1.27 bits per heavy atom. The summed E-state index contributed by atoms with van der Waals surface area (Å²) in [6, 6.07) is -0.213. The van der Waals surface area contributed by atoms with Gasteiger partial charge in [-0.15, -0.1) is 0 Å². The number of ketones is 1. The SMILES string of the molecule is CC(C)C(=O)C1CCCN1C(=O)CCOCCNC(C)(C)C. The molecular weight excluding hydrogens is 280 g/mol. The molecular formula is C17H32N2O3. The highest BCUT2D eigenvalue weighted by Gasteiger charge is 2.34. The molecule has 1 fully saturated rings. The molecule has 1 rings (SSSR count). The number of Topliss-reactive ketones (excluding diaryl/α,β-unsaturated/α-hetero) is 1. The summed E-state index contributed by atoms with van der Waals surface area (Å²) in [5.74, 6) is 0.208. The quantitative estimate of drug-likeness (QED) is 0.697. The van der Waals surface area contributed by atoms with Crippen LogP contribution in [0.1, 0.15) is 53.9 Å². The number of hydrogen-bond donors (Lipinski definition) is 1. The summed E-state index contributed by atoms with van der Waals surface area (Å²) in [5, 5.41) is 3.33. The number of ether oxygens (including phenoxy) is 1. The first-order valence-corrected chi connectivity index (χ1v) is 8.38. The number of nitrogens with one attached hydrogen (secondary N) is 1. The topological polar surface area (TPSA) is 58.6 Å². The Bertz CT molecular complexity index is 375. The van der Waals surface area contributed by atoms with Gasteiger partial charge in [0.1, 0.15) is 0 Å². The van der Waals surface area contributed by atoms with Gasteiger partial charge in [0.15, 0.2) is 5.78 Å². The zero-order chi connectivity index (χ0) is 16.8. The number of carbonyl (C=O) groups is 2. The molecule has 1 saturated heterocycles. The number of carbonyl (C=O) groups excluding carboxylic acids is 2.